The Kier molecular flexibility index (Phi) is 5.12. The lowest BCUT2D eigenvalue weighted by atomic mass is 9.87. The van der Waals surface area contributed by atoms with E-state index >= 15 is 0 Å². The first-order valence-electron chi connectivity index (χ1n) is 11.5. The monoisotopic (exact) mass is 431 g/mol. The summed E-state index contributed by atoms with van der Waals surface area (Å²) in [4.78, 5) is 2.34. The highest BCUT2D eigenvalue weighted by Crippen LogP contribution is 2.40. The molecular formula is C32H22BN. The second kappa shape index (κ2) is 8.57. The third-order valence-electron chi connectivity index (χ3n) is 6.40. The number of hydrogen-bond donors (Lipinski definition) is 0. The van der Waals surface area contributed by atoms with Crippen LogP contribution in [0.15, 0.2) is 133 Å². The van der Waals surface area contributed by atoms with Crippen LogP contribution in [0.5, 0.6) is 0 Å². The lowest BCUT2D eigenvalue weighted by Gasteiger charge is -2.27. The molecule has 0 aliphatic carbocycles. The SMILES string of the molecule is [B]c1ccccc1-c1ccc(N(c2ccc3ccccc3c2)c2cccc3ccccc23)cc1. The predicted molar refractivity (Wildman–Crippen MR) is 147 cm³/mol. The zero-order valence-electron chi connectivity index (χ0n) is 18.7. The highest BCUT2D eigenvalue weighted by atomic mass is 15.1. The second-order valence-electron chi connectivity index (χ2n) is 8.50. The molecule has 0 N–H and O–H groups in total. The molecule has 0 unspecified atom stereocenters. The number of hydrogen-bond acceptors (Lipinski definition) is 1. The number of fused-ring (bicyclic) bond motifs is 2. The molecule has 0 aromatic heterocycles. The molecule has 0 bridgehead atoms. The Hall–Kier alpha value is -4.30. The molecule has 0 saturated heterocycles. The molecule has 34 heavy (non-hydrogen) atoms. The molecule has 0 aliphatic rings. The van der Waals surface area contributed by atoms with Crippen LogP contribution >= 0.6 is 0 Å². The average Bonchev–Trinajstić information content (AvgIpc) is 2.90. The maximum Gasteiger partial charge on any atom is 0.114 e. The van der Waals surface area contributed by atoms with Gasteiger partial charge < -0.3 is 4.90 Å². The zero-order valence-corrected chi connectivity index (χ0v) is 18.7. The predicted octanol–water partition coefficient (Wildman–Crippen LogP) is 7.92. The van der Waals surface area contributed by atoms with Gasteiger partial charge in [-0.1, -0.05) is 109 Å². The summed E-state index contributed by atoms with van der Waals surface area (Å²) in [6, 6.07) is 46.9. The average molecular weight is 431 g/mol. The molecular weight excluding hydrogens is 409 g/mol. The van der Waals surface area contributed by atoms with E-state index in [1.807, 2.05) is 18.2 Å². The lowest BCUT2D eigenvalue weighted by Crippen LogP contribution is -2.11. The summed E-state index contributed by atoms with van der Waals surface area (Å²) < 4.78 is 0. The minimum atomic E-state index is 0.788. The topological polar surface area (TPSA) is 3.24 Å². The molecule has 6 aromatic rings. The van der Waals surface area contributed by atoms with Gasteiger partial charge in [-0.25, -0.2) is 0 Å². The maximum absolute atomic E-state index is 6.24. The quantitative estimate of drug-likeness (QED) is 0.256. The van der Waals surface area contributed by atoms with Gasteiger partial charge in [-0.2, -0.15) is 0 Å². The summed E-state index contributed by atoms with van der Waals surface area (Å²) in [6.07, 6.45) is 0. The Labute approximate surface area is 201 Å². The van der Waals surface area contributed by atoms with Gasteiger partial charge >= 0.3 is 0 Å². The summed E-state index contributed by atoms with van der Waals surface area (Å²) in [5.41, 5.74) is 6.33. The Morgan fingerprint density at radius 1 is 0.471 bits per heavy atom. The summed E-state index contributed by atoms with van der Waals surface area (Å²) >= 11 is 0. The van der Waals surface area contributed by atoms with E-state index in [0.717, 1.165) is 33.7 Å². The van der Waals surface area contributed by atoms with Gasteiger partial charge in [0, 0.05) is 16.8 Å². The van der Waals surface area contributed by atoms with E-state index in [2.05, 4.69) is 120 Å². The van der Waals surface area contributed by atoms with Gasteiger partial charge in [0.2, 0.25) is 0 Å². The molecule has 6 rings (SSSR count). The molecule has 0 fully saturated rings. The van der Waals surface area contributed by atoms with Gasteiger partial charge in [-0.05, 0) is 57.6 Å². The van der Waals surface area contributed by atoms with Crippen molar-refractivity contribution in [3.8, 4) is 11.1 Å². The molecule has 0 aliphatic heterocycles. The van der Waals surface area contributed by atoms with Crippen LogP contribution < -0.4 is 10.4 Å². The van der Waals surface area contributed by atoms with Crippen molar-refractivity contribution in [2.75, 3.05) is 4.90 Å². The van der Waals surface area contributed by atoms with Crippen LogP contribution in [0.3, 0.4) is 0 Å². The van der Waals surface area contributed by atoms with Crippen LogP contribution in [0.2, 0.25) is 0 Å². The smallest absolute Gasteiger partial charge is 0.114 e. The molecule has 0 amide bonds. The standard InChI is InChI=1S/C32H22BN/c33-31-14-6-5-12-29(31)25-17-19-27(20-18-25)34(28-21-16-23-8-1-2-10-26(23)22-28)32-15-7-11-24-9-3-4-13-30(24)32/h1-22H. The molecule has 2 heteroatoms. The van der Waals surface area contributed by atoms with Crippen LogP contribution in [0.4, 0.5) is 17.1 Å². The third kappa shape index (κ3) is 3.64. The highest BCUT2D eigenvalue weighted by molar-refractivity contribution is 6.35. The molecule has 0 saturated carbocycles. The van der Waals surface area contributed by atoms with E-state index in [1.54, 1.807) is 0 Å². The first-order valence-corrected chi connectivity index (χ1v) is 11.5. The first kappa shape index (κ1) is 20.3. The van der Waals surface area contributed by atoms with Crippen molar-refractivity contribution in [3.05, 3.63) is 133 Å². The molecule has 0 spiro atoms. The maximum atomic E-state index is 6.24. The van der Waals surface area contributed by atoms with Crippen LogP contribution in [0.1, 0.15) is 0 Å². The minimum Gasteiger partial charge on any atom is -0.310 e. The van der Waals surface area contributed by atoms with Crippen molar-refractivity contribution in [1.82, 2.24) is 0 Å². The van der Waals surface area contributed by atoms with E-state index in [-0.39, 0.29) is 0 Å². The van der Waals surface area contributed by atoms with Gasteiger partial charge in [0.15, 0.2) is 0 Å². The fourth-order valence-electron chi connectivity index (χ4n) is 4.70. The Morgan fingerprint density at radius 2 is 1.12 bits per heavy atom. The van der Waals surface area contributed by atoms with E-state index in [0.29, 0.717) is 0 Å². The number of rotatable bonds is 4. The number of benzene rings is 6. The van der Waals surface area contributed by atoms with Crippen LogP contribution in [0, 0.1) is 0 Å². The fraction of sp³-hybridized carbons (Fsp3) is 0. The molecule has 0 heterocycles. The summed E-state index contributed by atoms with van der Waals surface area (Å²) in [7, 11) is 6.24. The van der Waals surface area contributed by atoms with Gasteiger partial charge in [-0.3, -0.25) is 0 Å². The molecule has 6 aromatic carbocycles. The molecule has 1 nitrogen and oxygen atoms in total. The summed E-state index contributed by atoms with van der Waals surface area (Å²) in [5.74, 6) is 0. The van der Waals surface area contributed by atoms with Crippen LogP contribution in [-0.2, 0) is 0 Å². The normalized spacial score (nSPS) is 11.1. The van der Waals surface area contributed by atoms with Crippen molar-refractivity contribution in [1.29, 1.82) is 0 Å². The Bertz CT molecular complexity index is 1610. The number of nitrogens with zero attached hydrogens (tertiary/aromatic N) is 1. The van der Waals surface area contributed by atoms with Crippen molar-refractivity contribution in [2.24, 2.45) is 0 Å². The second-order valence-corrected chi connectivity index (χ2v) is 8.50. The van der Waals surface area contributed by atoms with E-state index < -0.39 is 0 Å². The fourth-order valence-corrected chi connectivity index (χ4v) is 4.70. The highest BCUT2D eigenvalue weighted by Gasteiger charge is 2.16. The minimum absolute atomic E-state index is 0.788. The first-order chi connectivity index (χ1) is 16.8. The van der Waals surface area contributed by atoms with E-state index in [4.69, 9.17) is 7.85 Å². The van der Waals surface area contributed by atoms with Gasteiger partial charge in [0.25, 0.3) is 0 Å². The van der Waals surface area contributed by atoms with Gasteiger partial charge in [-0.15, -0.1) is 0 Å². The largest absolute Gasteiger partial charge is 0.310 e. The van der Waals surface area contributed by atoms with Crippen LogP contribution in [-0.4, -0.2) is 7.85 Å². The Morgan fingerprint density at radius 3 is 1.94 bits per heavy atom. The van der Waals surface area contributed by atoms with E-state index in [1.165, 1.54) is 21.5 Å². The van der Waals surface area contributed by atoms with E-state index in [9.17, 15) is 0 Å². The summed E-state index contributed by atoms with van der Waals surface area (Å²) in [6.45, 7) is 0. The lowest BCUT2D eigenvalue weighted by molar-refractivity contribution is 1.30. The third-order valence-corrected chi connectivity index (χ3v) is 6.40. The van der Waals surface area contributed by atoms with Crippen molar-refractivity contribution < 1.29 is 0 Å². The van der Waals surface area contributed by atoms with Gasteiger partial charge in [0.05, 0.1) is 5.69 Å². The van der Waals surface area contributed by atoms with Gasteiger partial charge in [0.1, 0.15) is 7.85 Å². The molecule has 0 atom stereocenters. The van der Waals surface area contributed by atoms with Crippen molar-refractivity contribution in [2.45, 2.75) is 0 Å². The Balaban J connectivity index is 1.54. The molecule has 2 radical (unpaired) electrons. The van der Waals surface area contributed by atoms with Crippen LogP contribution in [0.25, 0.3) is 32.7 Å². The van der Waals surface area contributed by atoms with Crippen molar-refractivity contribution >= 4 is 51.9 Å². The van der Waals surface area contributed by atoms with Crippen molar-refractivity contribution in [3.63, 3.8) is 0 Å². The summed E-state index contributed by atoms with van der Waals surface area (Å²) in [5, 5.41) is 4.90. The zero-order chi connectivity index (χ0) is 22.9. The molecule has 158 valence electrons. The number of anilines is 3.